The standard InChI is InChI=1S/C28H28Cl2N2O2/c1-18(2)32-13-11-28(12-14-32)17-34-26-10-8-22(16-24(26)28)31-27(33)20-5-3-19(4-6-20)23-9-7-21(29)15-25(23)30/h3-10,15-16,18H,11-14,17H2,1-2H3,(H,31,33). The molecule has 0 radical (unpaired) electrons. The Hall–Kier alpha value is -2.53. The predicted octanol–water partition coefficient (Wildman–Crippen LogP) is 7.05. The number of carbonyl (C=O) groups is 1. The van der Waals surface area contributed by atoms with Crippen LogP contribution in [-0.4, -0.2) is 36.5 Å². The molecule has 2 heterocycles. The summed E-state index contributed by atoms with van der Waals surface area (Å²) in [5, 5.41) is 4.24. The van der Waals surface area contributed by atoms with Crippen LogP contribution in [0.15, 0.2) is 60.7 Å². The van der Waals surface area contributed by atoms with Gasteiger partial charge in [-0.2, -0.15) is 0 Å². The van der Waals surface area contributed by atoms with Crippen LogP contribution in [0.3, 0.4) is 0 Å². The molecule has 1 amide bonds. The number of ether oxygens (including phenoxy) is 1. The molecule has 0 saturated carbocycles. The highest BCUT2D eigenvalue weighted by Crippen LogP contribution is 2.46. The summed E-state index contributed by atoms with van der Waals surface area (Å²) in [5.74, 6) is 0.802. The van der Waals surface area contributed by atoms with Crippen molar-refractivity contribution in [2.75, 3.05) is 25.0 Å². The molecular formula is C28H28Cl2N2O2. The average molecular weight is 495 g/mol. The van der Waals surface area contributed by atoms with E-state index in [-0.39, 0.29) is 11.3 Å². The highest BCUT2D eigenvalue weighted by atomic mass is 35.5. The van der Waals surface area contributed by atoms with Crippen LogP contribution in [-0.2, 0) is 5.41 Å². The van der Waals surface area contributed by atoms with Gasteiger partial charge >= 0.3 is 0 Å². The molecule has 2 aliphatic rings. The number of carbonyl (C=O) groups excluding carboxylic acids is 1. The van der Waals surface area contributed by atoms with Crippen molar-refractivity contribution in [2.24, 2.45) is 0 Å². The van der Waals surface area contributed by atoms with E-state index in [1.165, 1.54) is 5.56 Å². The lowest BCUT2D eigenvalue weighted by Crippen LogP contribution is -2.46. The Labute approximate surface area is 210 Å². The third-order valence-electron chi connectivity index (χ3n) is 7.19. The number of hydrogen-bond acceptors (Lipinski definition) is 3. The summed E-state index contributed by atoms with van der Waals surface area (Å²) in [6.07, 6.45) is 2.15. The zero-order valence-corrected chi connectivity index (χ0v) is 20.9. The zero-order valence-electron chi connectivity index (χ0n) is 19.4. The van der Waals surface area contributed by atoms with Gasteiger partial charge in [0.2, 0.25) is 0 Å². The maximum Gasteiger partial charge on any atom is 0.255 e. The first-order chi connectivity index (χ1) is 16.3. The van der Waals surface area contributed by atoms with Gasteiger partial charge in [-0.25, -0.2) is 0 Å². The highest BCUT2D eigenvalue weighted by molar-refractivity contribution is 6.36. The van der Waals surface area contributed by atoms with Gasteiger partial charge in [-0.3, -0.25) is 4.79 Å². The minimum atomic E-state index is -0.142. The van der Waals surface area contributed by atoms with E-state index < -0.39 is 0 Å². The molecule has 1 N–H and O–H groups in total. The van der Waals surface area contributed by atoms with Crippen molar-refractivity contribution in [3.8, 4) is 16.9 Å². The topological polar surface area (TPSA) is 41.6 Å². The van der Waals surface area contributed by atoms with Crippen molar-refractivity contribution >= 4 is 34.8 Å². The Bertz CT molecular complexity index is 1220. The number of hydrogen-bond donors (Lipinski definition) is 1. The van der Waals surface area contributed by atoms with Crippen LogP contribution in [0.1, 0.15) is 42.6 Å². The molecule has 3 aromatic rings. The molecule has 0 bridgehead atoms. The third kappa shape index (κ3) is 4.43. The summed E-state index contributed by atoms with van der Waals surface area (Å²) < 4.78 is 6.05. The molecule has 34 heavy (non-hydrogen) atoms. The summed E-state index contributed by atoms with van der Waals surface area (Å²) in [6.45, 7) is 7.37. The van der Waals surface area contributed by atoms with Crippen molar-refractivity contribution in [2.45, 2.75) is 38.1 Å². The quantitative estimate of drug-likeness (QED) is 0.422. The van der Waals surface area contributed by atoms with Crippen molar-refractivity contribution in [1.29, 1.82) is 0 Å². The van der Waals surface area contributed by atoms with Crippen LogP contribution in [0.4, 0.5) is 5.69 Å². The summed E-state index contributed by atoms with van der Waals surface area (Å²) in [7, 11) is 0. The van der Waals surface area contributed by atoms with Crippen molar-refractivity contribution in [1.82, 2.24) is 4.90 Å². The zero-order chi connectivity index (χ0) is 23.9. The molecule has 1 spiro atoms. The van der Waals surface area contributed by atoms with Gasteiger partial charge in [0.25, 0.3) is 5.91 Å². The van der Waals surface area contributed by atoms with E-state index in [2.05, 4.69) is 30.1 Å². The summed E-state index contributed by atoms with van der Waals surface area (Å²) in [5.41, 5.74) is 4.46. The molecule has 0 unspecified atom stereocenters. The third-order valence-corrected chi connectivity index (χ3v) is 7.74. The van der Waals surface area contributed by atoms with Crippen LogP contribution in [0.2, 0.25) is 10.0 Å². The van der Waals surface area contributed by atoms with Crippen molar-refractivity contribution in [3.63, 3.8) is 0 Å². The number of piperidine rings is 1. The number of nitrogens with one attached hydrogen (secondary N) is 1. The van der Waals surface area contributed by atoms with Gasteiger partial charge < -0.3 is 15.0 Å². The summed E-state index contributed by atoms with van der Waals surface area (Å²) >= 11 is 12.3. The van der Waals surface area contributed by atoms with Crippen molar-refractivity contribution < 1.29 is 9.53 Å². The number of likely N-dealkylation sites (tertiary alicyclic amines) is 1. The normalized spacial score (nSPS) is 17.0. The van der Waals surface area contributed by atoms with E-state index in [0.29, 0.717) is 21.7 Å². The second-order valence-electron chi connectivity index (χ2n) is 9.57. The molecule has 1 saturated heterocycles. The fraction of sp³-hybridized carbons (Fsp3) is 0.321. The van der Waals surface area contributed by atoms with E-state index in [4.69, 9.17) is 27.9 Å². The van der Waals surface area contributed by atoms with Crippen LogP contribution in [0.5, 0.6) is 5.75 Å². The smallest absolute Gasteiger partial charge is 0.255 e. The molecule has 1 fully saturated rings. The maximum atomic E-state index is 13.0. The monoisotopic (exact) mass is 494 g/mol. The van der Waals surface area contributed by atoms with Gasteiger partial charge in [-0.05, 0) is 87.8 Å². The lowest BCUT2D eigenvalue weighted by atomic mass is 9.74. The molecule has 4 nitrogen and oxygen atoms in total. The molecule has 2 aliphatic heterocycles. The lowest BCUT2D eigenvalue weighted by Gasteiger charge is -2.40. The second-order valence-corrected chi connectivity index (χ2v) is 10.4. The van der Waals surface area contributed by atoms with Gasteiger partial charge in [0.15, 0.2) is 0 Å². The molecule has 5 rings (SSSR count). The van der Waals surface area contributed by atoms with Gasteiger partial charge in [0.05, 0.1) is 6.61 Å². The highest BCUT2D eigenvalue weighted by Gasteiger charge is 2.43. The van der Waals surface area contributed by atoms with Gasteiger partial charge in [0.1, 0.15) is 5.75 Å². The Morgan fingerprint density at radius 3 is 2.41 bits per heavy atom. The van der Waals surface area contributed by atoms with Gasteiger partial charge in [-0.15, -0.1) is 0 Å². The van der Waals surface area contributed by atoms with E-state index in [0.717, 1.165) is 55.1 Å². The van der Waals surface area contributed by atoms with E-state index in [9.17, 15) is 4.79 Å². The predicted molar refractivity (Wildman–Crippen MR) is 139 cm³/mol. The maximum absolute atomic E-state index is 13.0. The van der Waals surface area contributed by atoms with E-state index in [1.54, 1.807) is 12.1 Å². The molecule has 6 heteroatoms. The van der Waals surface area contributed by atoms with E-state index >= 15 is 0 Å². The number of rotatable bonds is 4. The molecular weight excluding hydrogens is 467 g/mol. The first-order valence-corrected chi connectivity index (χ1v) is 12.5. The Balaban J connectivity index is 1.31. The Morgan fingerprint density at radius 1 is 1.00 bits per heavy atom. The van der Waals surface area contributed by atoms with Crippen molar-refractivity contribution in [3.05, 3.63) is 81.8 Å². The Kier molecular flexibility index (Phi) is 6.32. The number of amides is 1. The number of halogens is 2. The minimum absolute atomic E-state index is 0.0426. The molecule has 176 valence electrons. The Morgan fingerprint density at radius 2 is 1.74 bits per heavy atom. The SMILES string of the molecule is CC(C)N1CCC2(CC1)COc1ccc(NC(=O)c3ccc(-c4ccc(Cl)cc4Cl)cc3)cc12. The summed E-state index contributed by atoms with van der Waals surface area (Å²) in [4.78, 5) is 15.5. The molecule has 3 aromatic carbocycles. The van der Waals surface area contributed by atoms with Crippen LogP contribution in [0.25, 0.3) is 11.1 Å². The van der Waals surface area contributed by atoms with Crippen LogP contribution < -0.4 is 10.1 Å². The number of benzene rings is 3. The molecule has 0 atom stereocenters. The fourth-order valence-electron chi connectivity index (χ4n) is 5.05. The lowest BCUT2D eigenvalue weighted by molar-refractivity contribution is 0.102. The summed E-state index contributed by atoms with van der Waals surface area (Å²) in [6, 6.07) is 19.4. The minimum Gasteiger partial charge on any atom is -0.492 e. The number of fused-ring (bicyclic) bond motifs is 2. The molecule has 0 aromatic heterocycles. The number of anilines is 1. The van der Waals surface area contributed by atoms with Gasteiger partial charge in [-0.1, -0.05) is 41.4 Å². The first-order valence-electron chi connectivity index (χ1n) is 11.7. The molecule has 0 aliphatic carbocycles. The second kappa shape index (κ2) is 9.26. The number of nitrogens with zero attached hydrogens (tertiary/aromatic N) is 1. The van der Waals surface area contributed by atoms with Crippen LogP contribution >= 0.6 is 23.2 Å². The first kappa shape index (κ1) is 23.2. The largest absolute Gasteiger partial charge is 0.492 e. The fourth-order valence-corrected chi connectivity index (χ4v) is 5.57. The van der Waals surface area contributed by atoms with Crippen LogP contribution in [0, 0.1) is 0 Å². The average Bonchev–Trinajstić information content (AvgIpc) is 3.17. The van der Waals surface area contributed by atoms with E-state index in [1.807, 2.05) is 42.5 Å². The van der Waals surface area contributed by atoms with Gasteiger partial charge in [0, 0.05) is 43.9 Å².